The Labute approximate surface area is 96.3 Å². The highest BCUT2D eigenvalue weighted by atomic mass is 35.5. The smallest absolute Gasteiger partial charge is 0.0402 e. The minimum atomic E-state index is 0.629. The van der Waals surface area contributed by atoms with E-state index >= 15 is 0 Å². The van der Waals surface area contributed by atoms with Gasteiger partial charge in [0.25, 0.3) is 0 Å². The number of halogens is 1. The van der Waals surface area contributed by atoms with E-state index in [4.69, 9.17) is 11.6 Å². The topological polar surface area (TPSA) is 16.1 Å². The molecule has 0 saturated carbocycles. The molecule has 2 nitrogen and oxygen atoms in total. The van der Waals surface area contributed by atoms with E-state index in [1.807, 2.05) is 13.1 Å². The number of aromatic nitrogens is 1. The Morgan fingerprint density at radius 3 is 3.20 bits per heavy atom. The minimum Gasteiger partial charge on any atom is -0.368 e. The van der Waals surface area contributed by atoms with Crippen LogP contribution in [0.2, 0.25) is 0 Å². The van der Waals surface area contributed by atoms with E-state index in [9.17, 15) is 0 Å². The van der Waals surface area contributed by atoms with E-state index in [-0.39, 0.29) is 0 Å². The van der Waals surface area contributed by atoms with Gasteiger partial charge in [-0.1, -0.05) is 0 Å². The van der Waals surface area contributed by atoms with Crippen molar-refractivity contribution in [3.63, 3.8) is 0 Å². The van der Waals surface area contributed by atoms with Gasteiger partial charge in [0.15, 0.2) is 0 Å². The molecule has 82 valence electrons. The monoisotopic (exact) mass is 224 g/mol. The van der Waals surface area contributed by atoms with Gasteiger partial charge >= 0.3 is 0 Å². The van der Waals surface area contributed by atoms with Crippen molar-refractivity contribution in [2.45, 2.75) is 32.2 Å². The highest BCUT2D eigenvalue weighted by Crippen LogP contribution is 2.27. The molecule has 0 radical (unpaired) electrons. The molecule has 0 aromatic carbocycles. The number of pyridine rings is 1. The highest BCUT2D eigenvalue weighted by molar-refractivity contribution is 6.17. The molecule has 1 aromatic heterocycles. The van der Waals surface area contributed by atoms with Crippen LogP contribution >= 0.6 is 11.6 Å². The SMILES string of the molecule is Cc1cc(N2CCCC2CCCl)ccn1. The summed E-state index contributed by atoms with van der Waals surface area (Å²) in [6.45, 7) is 3.20. The van der Waals surface area contributed by atoms with E-state index in [0.29, 0.717) is 6.04 Å². The lowest BCUT2D eigenvalue weighted by atomic mass is 10.1. The fourth-order valence-corrected chi connectivity index (χ4v) is 2.56. The van der Waals surface area contributed by atoms with Crippen LogP contribution in [0.4, 0.5) is 5.69 Å². The molecule has 1 aromatic rings. The van der Waals surface area contributed by atoms with Crippen molar-refractivity contribution in [1.82, 2.24) is 4.98 Å². The molecule has 2 rings (SSSR count). The van der Waals surface area contributed by atoms with E-state index in [0.717, 1.165) is 24.5 Å². The van der Waals surface area contributed by atoms with E-state index in [1.165, 1.54) is 18.5 Å². The zero-order valence-corrected chi connectivity index (χ0v) is 9.87. The molecule has 15 heavy (non-hydrogen) atoms. The van der Waals surface area contributed by atoms with Gasteiger partial charge in [-0.15, -0.1) is 11.6 Å². The molecular formula is C12H17ClN2. The maximum absolute atomic E-state index is 5.83. The number of alkyl halides is 1. The first-order valence-electron chi connectivity index (χ1n) is 5.56. The van der Waals surface area contributed by atoms with Gasteiger partial charge in [0.05, 0.1) is 0 Å². The van der Waals surface area contributed by atoms with Crippen LogP contribution in [0.1, 0.15) is 25.0 Å². The molecule has 0 amide bonds. The number of rotatable bonds is 3. The van der Waals surface area contributed by atoms with Gasteiger partial charge in [-0.2, -0.15) is 0 Å². The van der Waals surface area contributed by atoms with Gasteiger partial charge in [-0.3, -0.25) is 4.98 Å². The summed E-state index contributed by atoms with van der Waals surface area (Å²) in [5.41, 5.74) is 2.39. The van der Waals surface area contributed by atoms with Gasteiger partial charge in [0.2, 0.25) is 0 Å². The maximum Gasteiger partial charge on any atom is 0.0402 e. The highest BCUT2D eigenvalue weighted by Gasteiger charge is 2.23. The molecule has 0 N–H and O–H groups in total. The van der Waals surface area contributed by atoms with E-state index < -0.39 is 0 Å². The summed E-state index contributed by atoms with van der Waals surface area (Å²) < 4.78 is 0. The molecule has 1 aliphatic heterocycles. The fourth-order valence-electron chi connectivity index (χ4n) is 2.31. The number of anilines is 1. The van der Waals surface area contributed by atoms with Crippen molar-refractivity contribution in [1.29, 1.82) is 0 Å². The van der Waals surface area contributed by atoms with Crippen LogP contribution in [0.25, 0.3) is 0 Å². The molecule has 1 saturated heterocycles. The normalized spacial score (nSPS) is 20.9. The molecule has 1 aliphatic rings. The van der Waals surface area contributed by atoms with Gasteiger partial charge in [0, 0.05) is 36.0 Å². The third kappa shape index (κ3) is 2.43. The van der Waals surface area contributed by atoms with Crippen LogP contribution < -0.4 is 4.90 Å². The number of hydrogen-bond acceptors (Lipinski definition) is 2. The van der Waals surface area contributed by atoms with E-state index in [2.05, 4.69) is 22.0 Å². The van der Waals surface area contributed by atoms with Crippen LogP contribution in [-0.4, -0.2) is 23.5 Å². The summed E-state index contributed by atoms with van der Waals surface area (Å²) in [5, 5.41) is 0. The average Bonchev–Trinajstić information content (AvgIpc) is 2.66. The lowest BCUT2D eigenvalue weighted by Crippen LogP contribution is -2.29. The summed E-state index contributed by atoms with van der Waals surface area (Å²) in [5.74, 6) is 0.755. The summed E-state index contributed by atoms with van der Waals surface area (Å²) in [4.78, 5) is 6.70. The second-order valence-corrected chi connectivity index (χ2v) is 4.50. The predicted octanol–water partition coefficient (Wildman–Crippen LogP) is 2.99. The first kappa shape index (κ1) is 10.7. The molecule has 1 fully saturated rings. The average molecular weight is 225 g/mol. The third-order valence-electron chi connectivity index (χ3n) is 3.03. The lowest BCUT2D eigenvalue weighted by molar-refractivity contribution is 0.648. The standard InChI is InChI=1S/C12H17ClN2/c1-10-9-12(5-7-14-10)15-8-2-3-11(15)4-6-13/h5,7,9,11H,2-4,6,8H2,1H3. The fraction of sp³-hybridized carbons (Fsp3) is 0.583. The van der Waals surface area contributed by atoms with Crippen molar-refractivity contribution < 1.29 is 0 Å². The van der Waals surface area contributed by atoms with Crippen molar-refractivity contribution >= 4 is 17.3 Å². The van der Waals surface area contributed by atoms with E-state index in [1.54, 1.807) is 0 Å². The first-order valence-corrected chi connectivity index (χ1v) is 6.10. The maximum atomic E-state index is 5.83. The van der Waals surface area contributed by atoms with Gasteiger partial charge in [0.1, 0.15) is 0 Å². The molecular weight excluding hydrogens is 208 g/mol. The Morgan fingerprint density at radius 1 is 1.60 bits per heavy atom. The molecule has 0 spiro atoms. The number of nitrogens with zero attached hydrogens (tertiary/aromatic N) is 2. The Morgan fingerprint density at radius 2 is 2.47 bits per heavy atom. The molecule has 3 heteroatoms. The second kappa shape index (κ2) is 4.84. The quantitative estimate of drug-likeness (QED) is 0.734. The second-order valence-electron chi connectivity index (χ2n) is 4.12. The largest absolute Gasteiger partial charge is 0.368 e. The van der Waals surface area contributed by atoms with Crippen molar-refractivity contribution in [3.8, 4) is 0 Å². The summed E-state index contributed by atoms with van der Waals surface area (Å²) >= 11 is 5.83. The van der Waals surface area contributed by atoms with Crippen LogP contribution in [0.3, 0.4) is 0 Å². The van der Waals surface area contributed by atoms with Gasteiger partial charge < -0.3 is 4.90 Å². The van der Waals surface area contributed by atoms with Crippen molar-refractivity contribution in [3.05, 3.63) is 24.0 Å². The molecule has 1 unspecified atom stereocenters. The van der Waals surface area contributed by atoms with Gasteiger partial charge in [-0.25, -0.2) is 0 Å². The molecule has 0 bridgehead atoms. The Bertz CT molecular complexity index is 327. The van der Waals surface area contributed by atoms with Crippen LogP contribution in [0.5, 0.6) is 0 Å². The number of aryl methyl sites for hydroxylation is 1. The Balaban J connectivity index is 2.15. The molecule has 1 atom stereocenters. The predicted molar refractivity (Wildman–Crippen MR) is 64.7 cm³/mol. The summed E-state index contributed by atoms with van der Waals surface area (Å²) in [6, 6.07) is 4.89. The van der Waals surface area contributed by atoms with Crippen LogP contribution in [0.15, 0.2) is 18.3 Å². The minimum absolute atomic E-state index is 0.629. The lowest BCUT2D eigenvalue weighted by Gasteiger charge is -2.26. The Kier molecular flexibility index (Phi) is 3.47. The van der Waals surface area contributed by atoms with Crippen molar-refractivity contribution in [2.75, 3.05) is 17.3 Å². The van der Waals surface area contributed by atoms with Gasteiger partial charge in [-0.05, 0) is 38.3 Å². The zero-order valence-electron chi connectivity index (χ0n) is 9.12. The molecule has 0 aliphatic carbocycles. The first-order chi connectivity index (χ1) is 7.31. The zero-order chi connectivity index (χ0) is 10.7. The van der Waals surface area contributed by atoms with Crippen LogP contribution in [-0.2, 0) is 0 Å². The summed E-state index contributed by atoms with van der Waals surface area (Å²) in [6.07, 6.45) is 5.53. The van der Waals surface area contributed by atoms with Crippen LogP contribution in [0, 0.1) is 6.92 Å². The number of hydrogen-bond donors (Lipinski definition) is 0. The molecule has 2 heterocycles. The third-order valence-corrected chi connectivity index (χ3v) is 3.25. The van der Waals surface area contributed by atoms with Crippen molar-refractivity contribution in [2.24, 2.45) is 0 Å². The summed E-state index contributed by atoms with van der Waals surface area (Å²) in [7, 11) is 0. The Hall–Kier alpha value is -0.760.